The Labute approximate surface area is 183 Å². The molecule has 1 aliphatic rings. The van der Waals surface area contributed by atoms with E-state index in [2.05, 4.69) is 20.2 Å². The lowest BCUT2D eigenvalue weighted by atomic mass is 10.1. The Balaban J connectivity index is 1.43. The number of aromatic nitrogens is 2. The molecule has 0 saturated carbocycles. The average Bonchev–Trinajstić information content (AvgIpc) is 2.83. The summed E-state index contributed by atoms with van der Waals surface area (Å²) >= 11 is 0. The van der Waals surface area contributed by atoms with Crippen molar-refractivity contribution < 1.29 is 22.7 Å². The minimum absolute atomic E-state index is 0.0372. The number of hydrogen-bond acceptors (Lipinski definition) is 5. The third-order valence-electron chi connectivity index (χ3n) is 5.07. The van der Waals surface area contributed by atoms with Crippen LogP contribution in [0.4, 0.5) is 19.0 Å². The highest BCUT2D eigenvalue weighted by Crippen LogP contribution is 2.29. The van der Waals surface area contributed by atoms with E-state index >= 15 is 0 Å². The molecule has 166 valence electrons. The van der Waals surface area contributed by atoms with Crippen LogP contribution in [0.2, 0.25) is 0 Å². The Morgan fingerprint density at radius 2 is 1.84 bits per heavy atom. The zero-order valence-electron chi connectivity index (χ0n) is 17.1. The molecule has 1 N–H and O–H groups in total. The van der Waals surface area contributed by atoms with Crippen LogP contribution in [-0.4, -0.2) is 42.2 Å². The van der Waals surface area contributed by atoms with Gasteiger partial charge in [0.2, 0.25) is 0 Å². The average molecular weight is 442 g/mol. The molecule has 9 heteroatoms. The van der Waals surface area contributed by atoms with Crippen LogP contribution in [0.1, 0.15) is 21.6 Å². The molecular weight excluding hydrogens is 421 g/mol. The number of anilines is 1. The zero-order valence-corrected chi connectivity index (χ0v) is 17.1. The fraction of sp³-hybridized carbons (Fsp3) is 0.261. The van der Waals surface area contributed by atoms with Crippen LogP contribution in [-0.2, 0) is 17.5 Å². The Hall–Kier alpha value is -3.46. The minimum atomic E-state index is -4.43. The number of nitrogens with one attached hydrogen (secondary N) is 1. The highest BCUT2D eigenvalue weighted by molar-refractivity contribution is 5.92. The van der Waals surface area contributed by atoms with Crippen LogP contribution in [0.3, 0.4) is 0 Å². The Bertz CT molecular complexity index is 1080. The van der Waals surface area contributed by atoms with E-state index in [0.717, 1.165) is 36.6 Å². The molecule has 0 radical (unpaired) electrons. The summed E-state index contributed by atoms with van der Waals surface area (Å²) in [6.45, 7) is 2.87. The Morgan fingerprint density at radius 3 is 2.56 bits per heavy atom. The molecule has 0 atom stereocenters. The molecule has 4 rings (SSSR count). The maximum absolute atomic E-state index is 12.9. The third-order valence-corrected chi connectivity index (χ3v) is 5.07. The van der Waals surface area contributed by atoms with Crippen molar-refractivity contribution in [2.75, 3.05) is 31.2 Å². The Kier molecular flexibility index (Phi) is 6.36. The molecule has 1 fully saturated rings. The van der Waals surface area contributed by atoms with Crippen LogP contribution in [0, 0.1) is 0 Å². The van der Waals surface area contributed by atoms with E-state index in [1.807, 2.05) is 12.1 Å². The molecule has 3 heterocycles. The van der Waals surface area contributed by atoms with Crippen molar-refractivity contribution >= 4 is 11.7 Å². The maximum Gasteiger partial charge on any atom is 0.416 e. The van der Waals surface area contributed by atoms with Crippen molar-refractivity contribution in [2.45, 2.75) is 12.7 Å². The van der Waals surface area contributed by atoms with Crippen LogP contribution in [0.25, 0.3) is 11.3 Å². The van der Waals surface area contributed by atoms with E-state index in [9.17, 15) is 18.0 Å². The predicted octanol–water partition coefficient (Wildman–Crippen LogP) is 3.93. The zero-order chi connectivity index (χ0) is 22.6. The van der Waals surface area contributed by atoms with Gasteiger partial charge in [-0.15, -0.1) is 0 Å². The first-order chi connectivity index (χ1) is 15.4. The first kappa shape index (κ1) is 21.8. The van der Waals surface area contributed by atoms with Gasteiger partial charge >= 0.3 is 6.18 Å². The van der Waals surface area contributed by atoms with Gasteiger partial charge in [-0.05, 0) is 42.0 Å². The van der Waals surface area contributed by atoms with Gasteiger partial charge in [0.25, 0.3) is 5.91 Å². The minimum Gasteiger partial charge on any atom is -0.378 e. The summed E-state index contributed by atoms with van der Waals surface area (Å²) in [5.74, 6) is 0.384. The highest BCUT2D eigenvalue weighted by Gasteiger charge is 2.30. The van der Waals surface area contributed by atoms with Gasteiger partial charge < -0.3 is 15.0 Å². The van der Waals surface area contributed by atoms with Crippen molar-refractivity contribution in [3.63, 3.8) is 0 Å². The number of ether oxygens (including phenoxy) is 1. The summed E-state index contributed by atoms with van der Waals surface area (Å²) in [6, 6.07) is 13.7. The fourth-order valence-electron chi connectivity index (χ4n) is 3.37. The van der Waals surface area contributed by atoms with Crippen molar-refractivity contribution in [3.05, 3.63) is 77.6 Å². The second-order valence-corrected chi connectivity index (χ2v) is 7.29. The van der Waals surface area contributed by atoms with Gasteiger partial charge in [0, 0.05) is 31.4 Å². The van der Waals surface area contributed by atoms with Gasteiger partial charge in [-0.1, -0.05) is 18.2 Å². The van der Waals surface area contributed by atoms with Crippen molar-refractivity contribution in [1.29, 1.82) is 0 Å². The van der Waals surface area contributed by atoms with E-state index in [-0.39, 0.29) is 12.2 Å². The number of nitrogens with zero attached hydrogens (tertiary/aromatic N) is 3. The van der Waals surface area contributed by atoms with E-state index < -0.39 is 17.6 Å². The number of benzene rings is 1. The summed E-state index contributed by atoms with van der Waals surface area (Å²) in [5, 5.41) is 2.62. The first-order valence-corrected chi connectivity index (χ1v) is 10.1. The molecule has 0 spiro atoms. The second kappa shape index (κ2) is 9.35. The lowest BCUT2D eigenvalue weighted by molar-refractivity contribution is -0.137. The lowest BCUT2D eigenvalue weighted by Crippen LogP contribution is -2.36. The predicted molar refractivity (Wildman–Crippen MR) is 113 cm³/mol. The van der Waals surface area contributed by atoms with E-state index in [1.165, 1.54) is 12.1 Å². The molecule has 32 heavy (non-hydrogen) atoms. The number of morpholine rings is 1. The number of amides is 1. The van der Waals surface area contributed by atoms with Gasteiger partial charge in [0.15, 0.2) is 0 Å². The maximum atomic E-state index is 12.9. The largest absolute Gasteiger partial charge is 0.416 e. The molecule has 6 nitrogen and oxygen atoms in total. The molecule has 0 unspecified atom stereocenters. The first-order valence-electron chi connectivity index (χ1n) is 10.1. The highest BCUT2D eigenvalue weighted by atomic mass is 19.4. The van der Waals surface area contributed by atoms with Crippen molar-refractivity contribution in [1.82, 2.24) is 15.3 Å². The molecule has 3 aromatic rings. The smallest absolute Gasteiger partial charge is 0.378 e. The van der Waals surface area contributed by atoms with Gasteiger partial charge in [-0.2, -0.15) is 13.2 Å². The molecule has 1 saturated heterocycles. The number of rotatable bonds is 5. The van der Waals surface area contributed by atoms with Gasteiger partial charge in [0.05, 0.1) is 24.5 Å². The van der Waals surface area contributed by atoms with Crippen LogP contribution >= 0.6 is 0 Å². The van der Waals surface area contributed by atoms with Crippen molar-refractivity contribution in [3.8, 4) is 11.3 Å². The summed E-state index contributed by atoms with van der Waals surface area (Å²) in [4.78, 5) is 23.5. The van der Waals surface area contributed by atoms with Crippen LogP contribution < -0.4 is 10.2 Å². The monoisotopic (exact) mass is 442 g/mol. The molecule has 0 bridgehead atoms. The summed E-state index contributed by atoms with van der Waals surface area (Å²) in [5.41, 5.74) is 1.11. The number of hydrogen-bond donors (Lipinski definition) is 1. The normalized spacial score (nSPS) is 14.3. The van der Waals surface area contributed by atoms with E-state index in [4.69, 9.17) is 4.74 Å². The van der Waals surface area contributed by atoms with Crippen LogP contribution in [0.5, 0.6) is 0 Å². The van der Waals surface area contributed by atoms with E-state index in [0.29, 0.717) is 24.5 Å². The summed E-state index contributed by atoms with van der Waals surface area (Å²) in [6.07, 6.45) is -2.72. The quantitative estimate of drug-likeness (QED) is 0.649. The van der Waals surface area contributed by atoms with Gasteiger partial charge in [-0.3, -0.25) is 4.79 Å². The molecule has 1 aromatic carbocycles. The summed E-state index contributed by atoms with van der Waals surface area (Å²) in [7, 11) is 0. The van der Waals surface area contributed by atoms with Crippen molar-refractivity contribution in [2.24, 2.45) is 0 Å². The second-order valence-electron chi connectivity index (χ2n) is 7.29. The number of alkyl halides is 3. The number of carbonyl (C=O) groups excluding carboxylic acids is 1. The van der Waals surface area contributed by atoms with Gasteiger partial charge in [-0.25, -0.2) is 9.97 Å². The molecule has 0 aliphatic carbocycles. The number of pyridine rings is 2. The molecular formula is C23H21F3N4O2. The Morgan fingerprint density at radius 1 is 1.06 bits per heavy atom. The van der Waals surface area contributed by atoms with Crippen LogP contribution in [0.15, 0.2) is 60.8 Å². The SMILES string of the molecule is O=C(NCc1cccc(C(F)(F)F)c1)c1cccc(-c2ccc(N3CCOCC3)nc2)n1. The molecule has 1 aliphatic heterocycles. The van der Waals surface area contributed by atoms with E-state index in [1.54, 1.807) is 24.4 Å². The standard InChI is InChI=1S/C23H21F3N4O2/c24-23(25,26)18-4-1-3-16(13-18)14-28-22(31)20-6-2-5-19(29-20)17-7-8-21(27-15-17)30-9-11-32-12-10-30/h1-8,13,15H,9-12,14H2,(H,28,31). The fourth-order valence-corrected chi connectivity index (χ4v) is 3.37. The third kappa shape index (κ3) is 5.23. The molecule has 1 amide bonds. The van der Waals surface area contributed by atoms with Gasteiger partial charge in [0.1, 0.15) is 11.5 Å². The lowest BCUT2D eigenvalue weighted by Gasteiger charge is -2.27. The topological polar surface area (TPSA) is 67.4 Å². The number of halogens is 3. The summed E-state index contributed by atoms with van der Waals surface area (Å²) < 4.78 is 43.9. The molecule has 2 aromatic heterocycles. The number of carbonyl (C=O) groups is 1.